The third-order valence-electron chi connectivity index (χ3n) is 4.70. The number of benzene rings is 3. The van der Waals surface area contributed by atoms with E-state index in [0.29, 0.717) is 17.8 Å². The number of fused-ring (bicyclic) bond motifs is 1. The summed E-state index contributed by atoms with van der Waals surface area (Å²) < 4.78 is 5.25. The molecule has 1 aliphatic rings. The molecule has 0 saturated heterocycles. The Kier molecular flexibility index (Phi) is 5.06. The summed E-state index contributed by atoms with van der Waals surface area (Å²) in [6, 6.07) is 24.3. The highest BCUT2D eigenvalue weighted by molar-refractivity contribution is 6.07. The van der Waals surface area contributed by atoms with E-state index in [2.05, 4.69) is 5.32 Å². The van der Waals surface area contributed by atoms with Crippen LogP contribution in [0.3, 0.4) is 0 Å². The van der Waals surface area contributed by atoms with Crippen molar-refractivity contribution >= 4 is 23.4 Å². The summed E-state index contributed by atoms with van der Waals surface area (Å²) >= 11 is 0. The third-order valence-corrected chi connectivity index (χ3v) is 4.70. The first-order chi connectivity index (χ1) is 13.7. The molecular weight excluding hydrogens is 352 g/mol. The maximum atomic E-state index is 12.7. The number of nitrogens with one attached hydrogen (secondary N) is 1. The van der Waals surface area contributed by atoms with Crippen LogP contribution in [0.5, 0.6) is 0 Å². The van der Waals surface area contributed by atoms with Crippen LogP contribution in [0.2, 0.25) is 0 Å². The van der Waals surface area contributed by atoms with E-state index in [9.17, 15) is 9.59 Å². The van der Waals surface area contributed by atoms with Crippen molar-refractivity contribution in [2.75, 3.05) is 16.8 Å². The van der Waals surface area contributed by atoms with Gasteiger partial charge in [0, 0.05) is 23.5 Å². The number of nitrogens with zero attached hydrogens (tertiary/aromatic N) is 1. The van der Waals surface area contributed by atoms with Crippen molar-refractivity contribution in [1.29, 1.82) is 0 Å². The minimum Gasteiger partial charge on any atom is -0.444 e. The van der Waals surface area contributed by atoms with Gasteiger partial charge >= 0.3 is 6.09 Å². The van der Waals surface area contributed by atoms with Crippen molar-refractivity contribution in [3.05, 3.63) is 95.6 Å². The lowest BCUT2D eigenvalue weighted by Crippen LogP contribution is -2.28. The molecule has 28 heavy (non-hydrogen) atoms. The first-order valence-corrected chi connectivity index (χ1v) is 9.18. The SMILES string of the molecule is O=C(Nc1ccc2c(c1)CCN2C(=O)c1ccccc1)OCc1ccccc1. The average Bonchev–Trinajstić information content (AvgIpc) is 3.16. The number of ether oxygens (including phenoxy) is 1. The number of rotatable bonds is 4. The van der Waals surface area contributed by atoms with E-state index in [4.69, 9.17) is 4.74 Å². The molecule has 0 atom stereocenters. The number of hydrogen-bond acceptors (Lipinski definition) is 3. The van der Waals surface area contributed by atoms with E-state index in [0.717, 1.165) is 23.2 Å². The van der Waals surface area contributed by atoms with Gasteiger partial charge in [-0.25, -0.2) is 4.79 Å². The lowest BCUT2D eigenvalue weighted by Gasteiger charge is -2.17. The van der Waals surface area contributed by atoms with Crippen LogP contribution in [0.15, 0.2) is 78.9 Å². The maximum absolute atomic E-state index is 12.7. The van der Waals surface area contributed by atoms with E-state index in [1.54, 1.807) is 11.0 Å². The number of carbonyl (C=O) groups is 2. The Morgan fingerprint density at radius 1 is 0.929 bits per heavy atom. The smallest absolute Gasteiger partial charge is 0.411 e. The van der Waals surface area contributed by atoms with Gasteiger partial charge in [-0.1, -0.05) is 48.5 Å². The van der Waals surface area contributed by atoms with Gasteiger partial charge in [0.05, 0.1) is 0 Å². The van der Waals surface area contributed by atoms with Crippen molar-refractivity contribution in [3.8, 4) is 0 Å². The zero-order valence-electron chi connectivity index (χ0n) is 15.3. The van der Waals surface area contributed by atoms with Gasteiger partial charge in [-0.15, -0.1) is 0 Å². The van der Waals surface area contributed by atoms with Crippen LogP contribution in [0.1, 0.15) is 21.5 Å². The van der Waals surface area contributed by atoms with Crippen LogP contribution in [0.25, 0.3) is 0 Å². The van der Waals surface area contributed by atoms with E-state index in [-0.39, 0.29) is 12.5 Å². The molecule has 0 unspecified atom stereocenters. The molecule has 0 spiro atoms. The topological polar surface area (TPSA) is 58.6 Å². The number of amides is 2. The van der Waals surface area contributed by atoms with Gasteiger partial charge in [-0.05, 0) is 47.9 Å². The minimum absolute atomic E-state index is 0.0117. The largest absolute Gasteiger partial charge is 0.444 e. The number of hydrogen-bond donors (Lipinski definition) is 1. The molecule has 1 N–H and O–H groups in total. The minimum atomic E-state index is -0.501. The molecule has 1 heterocycles. The fourth-order valence-corrected chi connectivity index (χ4v) is 3.30. The molecule has 5 heteroatoms. The quantitative estimate of drug-likeness (QED) is 0.726. The molecule has 5 nitrogen and oxygen atoms in total. The summed E-state index contributed by atoms with van der Waals surface area (Å²) in [6.07, 6.45) is 0.252. The predicted octanol–water partition coefficient (Wildman–Crippen LogP) is 4.64. The monoisotopic (exact) mass is 372 g/mol. The van der Waals surface area contributed by atoms with Crippen LogP contribution in [-0.2, 0) is 17.8 Å². The third kappa shape index (κ3) is 3.88. The van der Waals surface area contributed by atoms with Gasteiger partial charge in [0.2, 0.25) is 0 Å². The zero-order chi connectivity index (χ0) is 19.3. The standard InChI is InChI=1S/C23H20N2O3/c26-22(18-9-5-2-6-10-18)25-14-13-19-15-20(11-12-21(19)25)24-23(27)28-16-17-7-3-1-4-8-17/h1-12,15H,13-14,16H2,(H,24,27). The summed E-state index contributed by atoms with van der Waals surface area (Å²) in [5.74, 6) is -0.0117. The molecule has 0 fully saturated rings. The lowest BCUT2D eigenvalue weighted by atomic mass is 10.1. The fourth-order valence-electron chi connectivity index (χ4n) is 3.30. The van der Waals surface area contributed by atoms with Gasteiger partial charge < -0.3 is 9.64 Å². The highest BCUT2D eigenvalue weighted by Gasteiger charge is 2.25. The molecule has 4 rings (SSSR count). The van der Waals surface area contributed by atoms with Gasteiger partial charge in [0.15, 0.2) is 0 Å². The Balaban J connectivity index is 1.41. The Morgan fingerprint density at radius 2 is 1.64 bits per heavy atom. The summed E-state index contributed by atoms with van der Waals surface area (Å²) in [5.41, 5.74) is 4.18. The fraction of sp³-hybridized carbons (Fsp3) is 0.130. The second-order valence-corrected chi connectivity index (χ2v) is 6.60. The van der Waals surface area contributed by atoms with E-state index in [1.807, 2.05) is 72.8 Å². The molecule has 2 amide bonds. The van der Waals surface area contributed by atoms with Crippen LogP contribution in [0.4, 0.5) is 16.2 Å². The number of carbonyl (C=O) groups excluding carboxylic acids is 2. The van der Waals surface area contributed by atoms with Crippen molar-refractivity contribution < 1.29 is 14.3 Å². The predicted molar refractivity (Wildman–Crippen MR) is 109 cm³/mol. The van der Waals surface area contributed by atoms with Crippen LogP contribution in [-0.4, -0.2) is 18.5 Å². The average molecular weight is 372 g/mol. The van der Waals surface area contributed by atoms with Gasteiger partial charge in [0.25, 0.3) is 5.91 Å². The molecule has 0 radical (unpaired) electrons. The Hall–Kier alpha value is -3.60. The molecule has 140 valence electrons. The highest BCUT2D eigenvalue weighted by atomic mass is 16.5. The zero-order valence-corrected chi connectivity index (χ0v) is 15.3. The Labute approximate surface area is 163 Å². The van der Waals surface area contributed by atoms with Crippen LogP contribution < -0.4 is 10.2 Å². The van der Waals surface area contributed by atoms with Gasteiger partial charge in [0.1, 0.15) is 6.61 Å². The maximum Gasteiger partial charge on any atom is 0.411 e. The van der Waals surface area contributed by atoms with E-state index < -0.39 is 6.09 Å². The molecule has 3 aromatic rings. The molecule has 0 aliphatic carbocycles. The lowest BCUT2D eigenvalue weighted by molar-refractivity contribution is 0.0989. The summed E-state index contributed by atoms with van der Waals surface area (Å²) in [5, 5.41) is 2.75. The molecule has 0 saturated carbocycles. The van der Waals surface area contributed by atoms with Gasteiger partial charge in [-0.2, -0.15) is 0 Å². The van der Waals surface area contributed by atoms with Gasteiger partial charge in [-0.3, -0.25) is 10.1 Å². The second-order valence-electron chi connectivity index (χ2n) is 6.60. The molecule has 3 aromatic carbocycles. The molecular formula is C23H20N2O3. The van der Waals surface area contributed by atoms with E-state index >= 15 is 0 Å². The summed E-state index contributed by atoms with van der Waals surface area (Å²) in [6.45, 7) is 0.849. The van der Waals surface area contributed by atoms with Crippen LogP contribution in [0, 0.1) is 0 Å². The molecule has 0 aromatic heterocycles. The molecule has 1 aliphatic heterocycles. The molecule has 0 bridgehead atoms. The Morgan fingerprint density at radius 3 is 2.39 bits per heavy atom. The van der Waals surface area contributed by atoms with Crippen LogP contribution >= 0.6 is 0 Å². The normalized spacial score (nSPS) is 12.4. The second kappa shape index (κ2) is 7.96. The summed E-state index contributed by atoms with van der Waals surface area (Å²) in [4.78, 5) is 26.6. The highest BCUT2D eigenvalue weighted by Crippen LogP contribution is 2.31. The number of anilines is 2. The van der Waals surface area contributed by atoms with Crippen molar-refractivity contribution in [1.82, 2.24) is 0 Å². The first kappa shape index (κ1) is 17.8. The van der Waals surface area contributed by atoms with Crippen molar-refractivity contribution in [2.45, 2.75) is 13.0 Å². The first-order valence-electron chi connectivity index (χ1n) is 9.18. The Bertz CT molecular complexity index is 987. The van der Waals surface area contributed by atoms with E-state index in [1.165, 1.54) is 0 Å². The van der Waals surface area contributed by atoms with Crippen molar-refractivity contribution in [3.63, 3.8) is 0 Å². The summed E-state index contributed by atoms with van der Waals surface area (Å²) in [7, 11) is 0. The van der Waals surface area contributed by atoms with Crippen molar-refractivity contribution in [2.24, 2.45) is 0 Å².